The van der Waals surface area contributed by atoms with Crippen LogP contribution in [0.15, 0.2) is 0 Å². The van der Waals surface area contributed by atoms with Crippen LogP contribution in [0.3, 0.4) is 0 Å². The number of fused-ring (bicyclic) bond motifs is 1. The minimum Gasteiger partial charge on any atom is -0.387 e. The van der Waals surface area contributed by atoms with Crippen LogP contribution in [0.2, 0.25) is 0 Å². The maximum Gasteiger partial charge on any atom is 0.190 e. The summed E-state index contributed by atoms with van der Waals surface area (Å²) in [6, 6.07) is 0. The summed E-state index contributed by atoms with van der Waals surface area (Å²) in [7, 11) is 0. The van der Waals surface area contributed by atoms with E-state index in [0.717, 1.165) is 12.8 Å². The molecule has 0 amide bonds. The molecule has 0 radical (unpaired) electrons. The molecule has 6 heteroatoms. The van der Waals surface area contributed by atoms with Gasteiger partial charge in [-0.05, 0) is 12.8 Å². The molecule has 1 N–H and O–H groups in total. The van der Waals surface area contributed by atoms with E-state index >= 15 is 0 Å². The fraction of sp³-hybridized carbons (Fsp3) is 1.00. The van der Waals surface area contributed by atoms with Crippen LogP contribution in [0.1, 0.15) is 26.7 Å². The second-order valence-electron chi connectivity index (χ2n) is 4.88. The fourth-order valence-corrected chi connectivity index (χ4v) is 2.63. The van der Waals surface area contributed by atoms with E-state index in [9.17, 15) is 5.11 Å². The molecule has 0 aromatic carbocycles. The van der Waals surface area contributed by atoms with Crippen molar-refractivity contribution in [1.82, 2.24) is 0 Å². The normalized spacial score (nSPS) is 51.8. The third-order valence-electron chi connectivity index (χ3n) is 3.63. The first-order valence-corrected chi connectivity index (χ1v) is 6.64. The number of hydrogen-bond acceptors (Lipinski definition) is 6. The molecule has 3 rings (SSSR count). The van der Waals surface area contributed by atoms with Crippen LogP contribution in [0.5, 0.6) is 0 Å². The molecule has 18 heavy (non-hydrogen) atoms. The highest BCUT2D eigenvalue weighted by Gasteiger charge is 2.54. The molecule has 0 spiro atoms. The van der Waals surface area contributed by atoms with Gasteiger partial charge in [-0.15, -0.1) is 0 Å². The van der Waals surface area contributed by atoms with Crippen molar-refractivity contribution in [2.75, 3.05) is 6.61 Å². The van der Waals surface area contributed by atoms with Crippen molar-refractivity contribution >= 4 is 0 Å². The maximum atomic E-state index is 10.2. The summed E-state index contributed by atoms with van der Waals surface area (Å²) < 4.78 is 28.0. The number of ether oxygens (including phenoxy) is 5. The molecule has 7 atom stereocenters. The smallest absolute Gasteiger partial charge is 0.190 e. The van der Waals surface area contributed by atoms with Crippen molar-refractivity contribution < 1.29 is 28.8 Å². The molecule has 0 aromatic heterocycles. The van der Waals surface area contributed by atoms with Crippen molar-refractivity contribution in [3.63, 3.8) is 0 Å². The van der Waals surface area contributed by atoms with Crippen molar-refractivity contribution in [1.29, 1.82) is 0 Å². The maximum absolute atomic E-state index is 10.2. The van der Waals surface area contributed by atoms with Crippen LogP contribution in [0.25, 0.3) is 0 Å². The van der Waals surface area contributed by atoms with E-state index in [1.54, 1.807) is 0 Å². The lowest BCUT2D eigenvalue weighted by Crippen LogP contribution is -2.41. The fourth-order valence-electron chi connectivity index (χ4n) is 2.63. The molecular weight excluding hydrogens is 240 g/mol. The van der Waals surface area contributed by atoms with Crippen LogP contribution < -0.4 is 0 Å². The second-order valence-corrected chi connectivity index (χ2v) is 4.88. The summed E-state index contributed by atoms with van der Waals surface area (Å²) in [5.74, 6) is 0. The molecule has 7 unspecified atom stereocenters. The molecule has 0 saturated carbocycles. The Morgan fingerprint density at radius 1 is 0.944 bits per heavy atom. The summed E-state index contributed by atoms with van der Waals surface area (Å²) in [6.45, 7) is 4.40. The zero-order chi connectivity index (χ0) is 12.7. The molecule has 3 saturated heterocycles. The van der Waals surface area contributed by atoms with E-state index in [-0.39, 0.29) is 18.7 Å². The van der Waals surface area contributed by atoms with E-state index in [1.165, 1.54) is 0 Å². The highest BCUT2D eigenvalue weighted by molar-refractivity contribution is 4.95. The Hall–Kier alpha value is -0.240. The van der Waals surface area contributed by atoms with Crippen molar-refractivity contribution in [3.8, 4) is 0 Å². The Morgan fingerprint density at radius 3 is 2.33 bits per heavy atom. The Balaban J connectivity index is 1.61. The molecule has 0 aliphatic carbocycles. The van der Waals surface area contributed by atoms with Gasteiger partial charge in [-0.2, -0.15) is 0 Å². The summed E-state index contributed by atoms with van der Waals surface area (Å²) in [5.41, 5.74) is 0. The minimum atomic E-state index is -0.726. The van der Waals surface area contributed by atoms with Gasteiger partial charge in [0.2, 0.25) is 0 Å². The lowest BCUT2D eigenvalue weighted by Gasteiger charge is -2.22. The van der Waals surface area contributed by atoms with Gasteiger partial charge in [0.1, 0.15) is 24.4 Å². The quantitative estimate of drug-likeness (QED) is 0.791. The number of aliphatic hydroxyl groups excluding tert-OH is 1. The van der Waals surface area contributed by atoms with Gasteiger partial charge in [0.25, 0.3) is 0 Å². The molecule has 0 aromatic rings. The van der Waals surface area contributed by atoms with Gasteiger partial charge in [0, 0.05) is 0 Å². The van der Waals surface area contributed by atoms with Gasteiger partial charge < -0.3 is 28.8 Å². The van der Waals surface area contributed by atoms with Crippen molar-refractivity contribution in [2.45, 2.75) is 70.0 Å². The molecule has 0 bridgehead atoms. The summed E-state index contributed by atoms with van der Waals surface area (Å²) in [4.78, 5) is 0. The molecular formula is C12H20O6. The molecule has 104 valence electrons. The Labute approximate surface area is 106 Å². The van der Waals surface area contributed by atoms with Gasteiger partial charge >= 0.3 is 0 Å². The number of rotatable bonds is 3. The van der Waals surface area contributed by atoms with Gasteiger partial charge in [-0.3, -0.25) is 0 Å². The zero-order valence-electron chi connectivity index (χ0n) is 10.7. The van der Waals surface area contributed by atoms with E-state index in [4.69, 9.17) is 23.7 Å². The summed E-state index contributed by atoms with van der Waals surface area (Å²) >= 11 is 0. The molecule has 3 aliphatic rings. The van der Waals surface area contributed by atoms with Crippen LogP contribution in [-0.4, -0.2) is 55.0 Å². The third-order valence-corrected chi connectivity index (χ3v) is 3.63. The van der Waals surface area contributed by atoms with Gasteiger partial charge in [0.05, 0.1) is 6.61 Å². The Morgan fingerprint density at radius 2 is 1.72 bits per heavy atom. The highest BCUT2D eigenvalue weighted by Crippen LogP contribution is 2.36. The van der Waals surface area contributed by atoms with E-state index in [0.29, 0.717) is 6.61 Å². The predicted octanol–water partition coefficient (Wildman–Crippen LogP) is 0.375. The zero-order valence-corrected chi connectivity index (χ0v) is 10.7. The molecule has 6 nitrogen and oxygen atoms in total. The van der Waals surface area contributed by atoms with Crippen LogP contribution in [0.4, 0.5) is 0 Å². The standard InChI is InChI=1S/C12H20O6/c1-3-7-14-5-6(15-7)10-9(13)11-12(18-10)17-8(4-2)16-11/h6-13H,3-5H2,1-2H3. The minimum absolute atomic E-state index is 0.198. The monoisotopic (exact) mass is 260 g/mol. The van der Waals surface area contributed by atoms with Crippen molar-refractivity contribution in [3.05, 3.63) is 0 Å². The first-order chi connectivity index (χ1) is 8.72. The Kier molecular flexibility index (Phi) is 3.57. The summed E-state index contributed by atoms with van der Waals surface area (Å²) in [5, 5.41) is 10.2. The average Bonchev–Trinajstić information content (AvgIpc) is 3.05. The first kappa shape index (κ1) is 12.8. The predicted molar refractivity (Wildman–Crippen MR) is 59.6 cm³/mol. The molecule has 3 heterocycles. The first-order valence-electron chi connectivity index (χ1n) is 6.64. The third kappa shape index (κ3) is 2.07. The average molecular weight is 260 g/mol. The molecule has 3 fully saturated rings. The van der Waals surface area contributed by atoms with Crippen LogP contribution in [0, 0.1) is 0 Å². The Bertz CT molecular complexity index is 298. The lowest BCUT2D eigenvalue weighted by molar-refractivity contribution is -0.191. The SMILES string of the molecule is CCC1OCC(C2OC3OC(CC)OC3C2O)O1. The van der Waals surface area contributed by atoms with Gasteiger partial charge in [-0.1, -0.05) is 13.8 Å². The molecule has 3 aliphatic heterocycles. The number of hydrogen-bond donors (Lipinski definition) is 1. The van der Waals surface area contributed by atoms with Crippen LogP contribution in [-0.2, 0) is 23.7 Å². The topological polar surface area (TPSA) is 66.4 Å². The lowest BCUT2D eigenvalue weighted by atomic mass is 10.1. The van der Waals surface area contributed by atoms with Gasteiger partial charge in [-0.25, -0.2) is 0 Å². The van der Waals surface area contributed by atoms with Gasteiger partial charge in [0.15, 0.2) is 18.9 Å². The largest absolute Gasteiger partial charge is 0.387 e. The van der Waals surface area contributed by atoms with Crippen LogP contribution >= 0.6 is 0 Å². The highest BCUT2D eigenvalue weighted by atomic mass is 16.8. The van der Waals surface area contributed by atoms with E-state index < -0.39 is 24.6 Å². The number of aliphatic hydroxyl groups is 1. The van der Waals surface area contributed by atoms with E-state index in [2.05, 4.69) is 0 Å². The summed E-state index contributed by atoms with van der Waals surface area (Å²) in [6.07, 6.45) is -1.25. The van der Waals surface area contributed by atoms with E-state index in [1.807, 2.05) is 13.8 Å². The second kappa shape index (κ2) is 5.03. The van der Waals surface area contributed by atoms with Crippen molar-refractivity contribution in [2.24, 2.45) is 0 Å².